The van der Waals surface area contributed by atoms with Crippen LogP contribution in [0.15, 0.2) is 17.7 Å². The average Bonchev–Trinajstić information content (AvgIpc) is 2.98. The lowest BCUT2D eigenvalue weighted by Gasteiger charge is -2.04. The number of carbonyl (C=O) groups excluding carboxylic acids is 1. The van der Waals surface area contributed by atoms with Crippen LogP contribution < -0.4 is 5.32 Å². The zero-order valence-corrected chi connectivity index (χ0v) is 11.6. The van der Waals surface area contributed by atoms with Crippen molar-refractivity contribution in [3.8, 4) is 0 Å². The molecule has 0 aromatic carbocycles. The molecule has 1 saturated carbocycles. The lowest BCUT2D eigenvalue weighted by Crippen LogP contribution is -2.27. The molecule has 0 radical (unpaired) electrons. The van der Waals surface area contributed by atoms with Crippen LogP contribution in [-0.2, 0) is 11.2 Å². The Balaban J connectivity index is 1.39. The van der Waals surface area contributed by atoms with E-state index in [4.69, 9.17) is 0 Å². The van der Waals surface area contributed by atoms with E-state index in [0.29, 0.717) is 18.3 Å². The highest BCUT2D eigenvalue weighted by molar-refractivity contribution is 7.99. The van der Waals surface area contributed by atoms with Crippen LogP contribution in [0.3, 0.4) is 0 Å². The second-order valence-corrected chi connectivity index (χ2v) is 5.55. The SMILES string of the molecule is O=C(CSc1nnnn1C1CC1)NCCc1cnc[nH]1. The molecule has 0 bridgehead atoms. The van der Waals surface area contributed by atoms with Gasteiger partial charge in [0.15, 0.2) is 0 Å². The Kier molecular flexibility index (Phi) is 3.95. The Hall–Kier alpha value is -1.90. The molecule has 2 aromatic rings. The fourth-order valence-corrected chi connectivity index (χ4v) is 2.54. The average molecular weight is 293 g/mol. The molecule has 1 fully saturated rings. The van der Waals surface area contributed by atoms with Crippen LogP contribution in [0.25, 0.3) is 0 Å². The van der Waals surface area contributed by atoms with Crippen LogP contribution in [-0.4, -0.2) is 48.4 Å². The van der Waals surface area contributed by atoms with E-state index >= 15 is 0 Å². The maximum Gasteiger partial charge on any atom is 0.230 e. The molecule has 1 aliphatic rings. The number of H-pyrrole nitrogens is 1. The molecule has 8 nitrogen and oxygen atoms in total. The number of nitrogens with zero attached hydrogens (tertiary/aromatic N) is 5. The summed E-state index contributed by atoms with van der Waals surface area (Å²) >= 11 is 1.37. The fourth-order valence-electron chi connectivity index (χ4n) is 1.77. The molecule has 0 spiro atoms. The maximum absolute atomic E-state index is 11.7. The molecule has 2 N–H and O–H groups in total. The fraction of sp³-hybridized carbons (Fsp3) is 0.545. The molecule has 1 aliphatic carbocycles. The van der Waals surface area contributed by atoms with Crippen molar-refractivity contribution in [1.82, 2.24) is 35.5 Å². The lowest BCUT2D eigenvalue weighted by atomic mass is 10.3. The van der Waals surface area contributed by atoms with Crippen LogP contribution in [0, 0.1) is 0 Å². The van der Waals surface area contributed by atoms with Crippen LogP contribution in [0.1, 0.15) is 24.6 Å². The van der Waals surface area contributed by atoms with E-state index in [1.54, 1.807) is 12.5 Å². The van der Waals surface area contributed by atoms with Crippen molar-refractivity contribution < 1.29 is 4.79 Å². The summed E-state index contributed by atoms with van der Waals surface area (Å²) in [6, 6.07) is 0.427. The summed E-state index contributed by atoms with van der Waals surface area (Å²) in [5, 5.41) is 15.1. The van der Waals surface area contributed by atoms with E-state index < -0.39 is 0 Å². The highest BCUT2D eigenvalue weighted by atomic mass is 32.2. The molecule has 0 unspecified atom stereocenters. The largest absolute Gasteiger partial charge is 0.355 e. The van der Waals surface area contributed by atoms with Crippen LogP contribution in [0.2, 0.25) is 0 Å². The third-order valence-electron chi connectivity index (χ3n) is 2.96. The Bertz CT molecular complexity index is 563. The zero-order chi connectivity index (χ0) is 13.8. The van der Waals surface area contributed by atoms with Gasteiger partial charge in [-0.05, 0) is 23.3 Å². The van der Waals surface area contributed by atoms with E-state index in [2.05, 4.69) is 30.8 Å². The molecule has 1 amide bonds. The third kappa shape index (κ3) is 3.35. The molecular weight excluding hydrogens is 278 g/mol. The van der Waals surface area contributed by atoms with Crippen molar-refractivity contribution in [2.75, 3.05) is 12.3 Å². The van der Waals surface area contributed by atoms with Crippen molar-refractivity contribution in [1.29, 1.82) is 0 Å². The number of aromatic amines is 1. The van der Waals surface area contributed by atoms with Gasteiger partial charge in [0.25, 0.3) is 0 Å². The summed E-state index contributed by atoms with van der Waals surface area (Å²) in [6.45, 7) is 0.592. The number of carbonyl (C=O) groups is 1. The number of hydrogen-bond donors (Lipinski definition) is 2. The number of aromatic nitrogens is 6. The third-order valence-corrected chi connectivity index (χ3v) is 3.89. The van der Waals surface area contributed by atoms with Crippen LogP contribution >= 0.6 is 11.8 Å². The van der Waals surface area contributed by atoms with Crippen molar-refractivity contribution in [2.45, 2.75) is 30.5 Å². The van der Waals surface area contributed by atoms with E-state index in [-0.39, 0.29) is 5.91 Å². The van der Waals surface area contributed by atoms with E-state index in [1.165, 1.54) is 11.8 Å². The van der Waals surface area contributed by atoms with Gasteiger partial charge in [-0.1, -0.05) is 11.8 Å². The summed E-state index contributed by atoms with van der Waals surface area (Å²) in [6.07, 6.45) is 6.37. The standard InChI is InChI=1S/C11H15N7OS/c19-10(13-4-3-8-5-12-7-14-8)6-20-11-15-16-17-18(11)9-1-2-9/h5,7,9H,1-4,6H2,(H,12,14)(H,13,19). The number of imidazole rings is 1. The predicted octanol–water partition coefficient (Wildman–Crippen LogP) is 0.182. The van der Waals surface area contributed by atoms with Gasteiger partial charge in [-0.25, -0.2) is 9.67 Å². The molecule has 3 rings (SSSR count). The summed E-state index contributed by atoms with van der Waals surface area (Å²) < 4.78 is 1.81. The zero-order valence-electron chi connectivity index (χ0n) is 10.8. The second kappa shape index (κ2) is 6.04. The van der Waals surface area contributed by atoms with Gasteiger partial charge in [0.2, 0.25) is 11.1 Å². The molecule has 2 aromatic heterocycles. The Labute approximate surface area is 119 Å². The van der Waals surface area contributed by atoms with Gasteiger partial charge in [-0.2, -0.15) is 0 Å². The lowest BCUT2D eigenvalue weighted by molar-refractivity contribution is -0.118. The molecular formula is C11H15N7OS. The summed E-state index contributed by atoms with van der Waals surface area (Å²) in [5.41, 5.74) is 1.01. The summed E-state index contributed by atoms with van der Waals surface area (Å²) in [4.78, 5) is 18.6. The summed E-state index contributed by atoms with van der Waals surface area (Å²) in [7, 11) is 0. The van der Waals surface area contributed by atoms with Crippen molar-refractivity contribution in [2.24, 2.45) is 0 Å². The Morgan fingerprint density at radius 2 is 2.45 bits per heavy atom. The Morgan fingerprint density at radius 3 is 3.20 bits per heavy atom. The number of amides is 1. The van der Waals surface area contributed by atoms with Crippen molar-refractivity contribution in [3.63, 3.8) is 0 Å². The first-order chi connectivity index (χ1) is 9.83. The topological polar surface area (TPSA) is 101 Å². The van der Waals surface area contributed by atoms with Gasteiger partial charge < -0.3 is 10.3 Å². The second-order valence-electron chi connectivity index (χ2n) is 4.60. The number of thioether (sulfide) groups is 1. The minimum Gasteiger partial charge on any atom is -0.355 e. The van der Waals surface area contributed by atoms with Crippen molar-refractivity contribution >= 4 is 17.7 Å². The molecule has 2 heterocycles. The van der Waals surface area contributed by atoms with Gasteiger partial charge in [0, 0.05) is 24.9 Å². The van der Waals surface area contributed by atoms with Gasteiger partial charge >= 0.3 is 0 Å². The molecule has 20 heavy (non-hydrogen) atoms. The minimum atomic E-state index is -0.0140. The number of tetrazole rings is 1. The number of hydrogen-bond acceptors (Lipinski definition) is 6. The van der Waals surface area contributed by atoms with Gasteiger partial charge in [0.1, 0.15) is 0 Å². The van der Waals surface area contributed by atoms with Gasteiger partial charge in [-0.3, -0.25) is 4.79 Å². The number of nitrogens with one attached hydrogen (secondary N) is 2. The quantitative estimate of drug-likeness (QED) is 0.706. The first kappa shape index (κ1) is 13.1. The first-order valence-corrected chi connectivity index (χ1v) is 7.46. The molecule has 0 atom stereocenters. The maximum atomic E-state index is 11.7. The van der Waals surface area contributed by atoms with Crippen molar-refractivity contribution in [3.05, 3.63) is 18.2 Å². The smallest absolute Gasteiger partial charge is 0.230 e. The molecule has 0 aliphatic heterocycles. The number of rotatable bonds is 7. The molecule has 0 saturated heterocycles. The van der Waals surface area contributed by atoms with Gasteiger partial charge in [-0.15, -0.1) is 5.10 Å². The van der Waals surface area contributed by atoms with Crippen LogP contribution in [0.5, 0.6) is 0 Å². The minimum absolute atomic E-state index is 0.0140. The summed E-state index contributed by atoms with van der Waals surface area (Å²) in [5.74, 6) is 0.315. The van der Waals surface area contributed by atoms with E-state index in [1.807, 2.05) is 4.68 Å². The normalized spacial score (nSPS) is 14.4. The van der Waals surface area contributed by atoms with Crippen LogP contribution in [0.4, 0.5) is 0 Å². The highest BCUT2D eigenvalue weighted by Crippen LogP contribution is 2.36. The first-order valence-electron chi connectivity index (χ1n) is 6.47. The Morgan fingerprint density at radius 1 is 1.55 bits per heavy atom. The van der Waals surface area contributed by atoms with E-state index in [9.17, 15) is 4.79 Å². The highest BCUT2D eigenvalue weighted by Gasteiger charge is 2.28. The van der Waals surface area contributed by atoms with E-state index in [0.717, 1.165) is 30.1 Å². The predicted molar refractivity (Wildman–Crippen MR) is 72.1 cm³/mol. The molecule has 106 valence electrons. The molecule has 9 heteroatoms. The monoisotopic (exact) mass is 293 g/mol. The van der Waals surface area contributed by atoms with Gasteiger partial charge in [0.05, 0.1) is 18.1 Å².